The van der Waals surface area contributed by atoms with Gasteiger partial charge in [0.1, 0.15) is 11.6 Å². The van der Waals surface area contributed by atoms with Crippen LogP contribution in [-0.2, 0) is 9.59 Å². The first-order chi connectivity index (χ1) is 5.70. The zero-order valence-electron chi connectivity index (χ0n) is 7.64. The van der Waals surface area contributed by atoms with Gasteiger partial charge in [0.15, 0.2) is 0 Å². The Morgan fingerprint density at radius 3 is 2.45 bits per heavy atom. The van der Waals surface area contributed by atoms with E-state index in [-0.39, 0.29) is 37.9 Å². The lowest BCUT2D eigenvalue weighted by molar-refractivity contribution is -0.123. The first-order valence-corrected chi connectivity index (χ1v) is 3.73. The molecule has 2 N–H and O–H groups in total. The normalized spacial score (nSPS) is 10.8. The molecule has 3 nitrogen and oxygen atoms in total. The molecule has 0 aromatic rings. The fourth-order valence-corrected chi connectivity index (χ4v) is 0.703. The molecule has 3 heteroatoms. The summed E-state index contributed by atoms with van der Waals surface area (Å²) in [7, 11) is 0. The van der Waals surface area contributed by atoms with E-state index < -0.39 is 0 Å². The van der Waals surface area contributed by atoms with Crippen molar-refractivity contribution in [1.82, 2.24) is 0 Å². The average molecular weight is 158 g/mol. The number of nitrogens with two attached hydrogens (primary N) is 1. The van der Waals surface area contributed by atoms with Crippen LogP contribution in [0.15, 0.2) is 0 Å². The molecule has 0 unspecified atom stereocenters. The van der Waals surface area contributed by atoms with Gasteiger partial charge in [0, 0.05) is 20.6 Å². The summed E-state index contributed by atoms with van der Waals surface area (Å²) in [5.41, 5.74) is 5.07. The van der Waals surface area contributed by atoms with Crippen molar-refractivity contribution in [2.45, 2.75) is 32.6 Å². The molecule has 0 bridgehead atoms. The van der Waals surface area contributed by atoms with E-state index in [2.05, 4.69) is 0 Å². The standard InChI is InChI=1S/C8H15NO2/c1-2-3-7(10)4-5-8(11)6-9/h2-6,9H2,1H3/i1D. The maximum absolute atomic E-state index is 10.9. The van der Waals surface area contributed by atoms with Crippen LogP contribution in [0.1, 0.15) is 34.0 Å². The van der Waals surface area contributed by atoms with Crippen LogP contribution in [0.25, 0.3) is 0 Å². The highest BCUT2D eigenvalue weighted by atomic mass is 16.1. The molecule has 0 spiro atoms. The van der Waals surface area contributed by atoms with Crippen molar-refractivity contribution >= 4 is 11.6 Å². The van der Waals surface area contributed by atoms with Gasteiger partial charge in [-0.1, -0.05) is 6.90 Å². The van der Waals surface area contributed by atoms with E-state index in [1.54, 1.807) is 0 Å². The quantitative estimate of drug-likeness (QED) is 0.617. The lowest BCUT2D eigenvalue weighted by Gasteiger charge is -1.96. The summed E-state index contributed by atoms with van der Waals surface area (Å²) < 4.78 is 6.81. The Kier molecular flexibility index (Phi) is 4.61. The number of hydrogen-bond acceptors (Lipinski definition) is 3. The Hall–Kier alpha value is -0.700. The summed E-state index contributed by atoms with van der Waals surface area (Å²) in [5.74, 6) is -0.0155. The van der Waals surface area contributed by atoms with E-state index in [1.807, 2.05) is 0 Å². The van der Waals surface area contributed by atoms with Crippen LogP contribution >= 0.6 is 0 Å². The average Bonchev–Trinajstić information content (AvgIpc) is 2.10. The molecule has 0 heterocycles. The summed E-state index contributed by atoms with van der Waals surface area (Å²) in [6.45, 7) is 0.294. The molecule has 0 aromatic carbocycles. The van der Waals surface area contributed by atoms with Crippen molar-refractivity contribution in [1.29, 1.82) is 0 Å². The van der Waals surface area contributed by atoms with Crippen LogP contribution in [0.5, 0.6) is 0 Å². The summed E-state index contributed by atoms with van der Waals surface area (Å²) in [6, 6.07) is 0. The zero-order valence-corrected chi connectivity index (χ0v) is 6.64. The SMILES string of the molecule is [2H]CCCC(=O)CCC(=O)CN. The summed E-state index contributed by atoms with van der Waals surface area (Å²) in [4.78, 5) is 21.6. The largest absolute Gasteiger partial charge is 0.324 e. The van der Waals surface area contributed by atoms with Gasteiger partial charge in [-0.05, 0) is 6.42 Å². The smallest absolute Gasteiger partial charge is 0.146 e. The Bertz CT molecular complexity index is 159. The van der Waals surface area contributed by atoms with E-state index in [4.69, 9.17) is 7.10 Å². The minimum atomic E-state index is -0.0748. The van der Waals surface area contributed by atoms with Gasteiger partial charge in [0.25, 0.3) is 0 Å². The van der Waals surface area contributed by atoms with Crippen molar-refractivity contribution in [3.63, 3.8) is 0 Å². The lowest BCUT2D eigenvalue weighted by Crippen LogP contribution is -2.14. The van der Waals surface area contributed by atoms with Crippen molar-refractivity contribution < 1.29 is 11.0 Å². The summed E-state index contributed by atoms with van der Waals surface area (Å²) in [5, 5.41) is 0. The van der Waals surface area contributed by atoms with Gasteiger partial charge < -0.3 is 5.73 Å². The van der Waals surface area contributed by atoms with E-state index in [9.17, 15) is 9.59 Å². The fraction of sp³-hybridized carbons (Fsp3) is 0.750. The number of Topliss-reactive ketones (excluding diaryl/α,β-unsaturated/α-hetero) is 2. The van der Waals surface area contributed by atoms with Gasteiger partial charge in [-0.15, -0.1) is 0 Å². The molecule has 0 amide bonds. The molecule has 0 aliphatic heterocycles. The van der Waals surface area contributed by atoms with Gasteiger partial charge in [0.05, 0.1) is 6.54 Å². The van der Waals surface area contributed by atoms with Gasteiger partial charge in [-0.2, -0.15) is 0 Å². The molecule has 0 fully saturated rings. The molecular weight excluding hydrogens is 142 g/mol. The summed E-state index contributed by atoms with van der Waals surface area (Å²) in [6.07, 6.45) is 1.56. The highest BCUT2D eigenvalue weighted by molar-refractivity contribution is 5.86. The number of ketones is 2. The number of carbonyl (C=O) groups excluding carboxylic acids is 2. The van der Waals surface area contributed by atoms with E-state index in [1.165, 1.54) is 0 Å². The third-order valence-electron chi connectivity index (χ3n) is 1.37. The van der Waals surface area contributed by atoms with Crippen LogP contribution in [-0.4, -0.2) is 18.1 Å². The Balaban J connectivity index is 3.37. The van der Waals surface area contributed by atoms with Crippen LogP contribution < -0.4 is 5.73 Å². The highest BCUT2D eigenvalue weighted by Crippen LogP contribution is 1.97. The minimum Gasteiger partial charge on any atom is -0.324 e. The molecule has 11 heavy (non-hydrogen) atoms. The monoisotopic (exact) mass is 158 g/mol. The molecule has 0 aliphatic carbocycles. The predicted molar refractivity (Wildman–Crippen MR) is 43.2 cm³/mol. The van der Waals surface area contributed by atoms with Gasteiger partial charge >= 0.3 is 0 Å². The van der Waals surface area contributed by atoms with Crippen LogP contribution in [0, 0.1) is 0 Å². The molecule has 0 rings (SSSR count). The predicted octanol–water partition coefficient (Wildman–Crippen LogP) is 0.664. The second kappa shape index (κ2) is 6.04. The Labute approximate surface area is 68.4 Å². The molecule has 64 valence electrons. The maximum Gasteiger partial charge on any atom is 0.146 e. The minimum absolute atomic E-state index is 0.0196. The number of rotatable bonds is 6. The lowest BCUT2D eigenvalue weighted by atomic mass is 10.1. The Morgan fingerprint density at radius 2 is 1.91 bits per heavy atom. The van der Waals surface area contributed by atoms with E-state index in [0.717, 1.165) is 0 Å². The van der Waals surface area contributed by atoms with Crippen LogP contribution in [0.2, 0.25) is 0 Å². The first kappa shape index (κ1) is 8.40. The topological polar surface area (TPSA) is 60.2 Å². The van der Waals surface area contributed by atoms with Crippen molar-refractivity contribution in [2.24, 2.45) is 5.73 Å². The molecular formula is C8H15NO2. The van der Waals surface area contributed by atoms with Crippen LogP contribution in [0.4, 0.5) is 0 Å². The van der Waals surface area contributed by atoms with E-state index >= 15 is 0 Å². The van der Waals surface area contributed by atoms with Crippen LogP contribution in [0.3, 0.4) is 0 Å². The molecule has 0 aliphatic rings. The third-order valence-corrected chi connectivity index (χ3v) is 1.37. The van der Waals surface area contributed by atoms with Crippen molar-refractivity contribution in [2.75, 3.05) is 6.54 Å². The number of hydrogen-bond donors (Lipinski definition) is 1. The highest BCUT2D eigenvalue weighted by Gasteiger charge is 2.03. The van der Waals surface area contributed by atoms with Gasteiger partial charge in [-0.25, -0.2) is 0 Å². The van der Waals surface area contributed by atoms with Gasteiger partial charge in [-0.3, -0.25) is 9.59 Å². The van der Waals surface area contributed by atoms with Crippen molar-refractivity contribution in [3.8, 4) is 0 Å². The third kappa shape index (κ3) is 5.73. The van der Waals surface area contributed by atoms with Crippen molar-refractivity contribution in [3.05, 3.63) is 0 Å². The first-order valence-electron chi connectivity index (χ1n) is 4.44. The molecule has 0 atom stereocenters. The van der Waals surface area contributed by atoms with Gasteiger partial charge in [0.2, 0.25) is 0 Å². The summed E-state index contributed by atoms with van der Waals surface area (Å²) >= 11 is 0. The fourth-order valence-electron chi connectivity index (χ4n) is 0.703. The molecule has 0 saturated heterocycles. The maximum atomic E-state index is 10.9. The second-order valence-electron chi connectivity index (χ2n) is 2.39. The molecule has 0 saturated carbocycles. The second-order valence-corrected chi connectivity index (χ2v) is 2.39. The number of carbonyl (C=O) groups is 2. The Morgan fingerprint density at radius 1 is 1.27 bits per heavy atom. The molecule has 0 radical (unpaired) electrons. The van der Waals surface area contributed by atoms with E-state index in [0.29, 0.717) is 12.8 Å². The zero-order chi connectivity index (χ0) is 9.40. The molecule has 0 aromatic heterocycles.